The Bertz CT molecular complexity index is 1050. The Morgan fingerprint density at radius 3 is 2.45 bits per heavy atom. The molecular weight excluding hydrogens is 419 g/mol. The Hall–Kier alpha value is -3.00. The maximum Gasteiger partial charge on any atom is 0.293 e. The van der Waals surface area contributed by atoms with E-state index in [9.17, 15) is 14.0 Å². The number of imide groups is 1. The maximum absolute atomic E-state index is 14.0. The lowest BCUT2D eigenvalue weighted by atomic mass is 10.1. The van der Waals surface area contributed by atoms with Crippen LogP contribution in [-0.2, 0) is 11.3 Å². The summed E-state index contributed by atoms with van der Waals surface area (Å²) in [6.45, 7) is 1.80. The van der Waals surface area contributed by atoms with Crippen LogP contribution in [0.5, 0.6) is 11.5 Å². The summed E-state index contributed by atoms with van der Waals surface area (Å²) in [7, 11) is 3.17. The molecule has 2 aliphatic heterocycles. The average molecular weight is 443 g/mol. The Morgan fingerprint density at radius 1 is 1.06 bits per heavy atom. The summed E-state index contributed by atoms with van der Waals surface area (Å²) >= 11 is 0.833. The zero-order chi connectivity index (χ0) is 22.0. The molecule has 2 aromatic carbocycles. The first-order valence-electron chi connectivity index (χ1n) is 10.0. The molecule has 0 N–H and O–H groups in total. The van der Waals surface area contributed by atoms with Crippen molar-refractivity contribution in [2.75, 3.05) is 32.2 Å². The second-order valence-corrected chi connectivity index (χ2v) is 8.31. The van der Waals surface area contributed by atoms with Crippen LogP contribution in [0.4, 0.5) is 14.9 Å². The minimum atomic E-state index is -0.456. The Labute approximate surface area is 184 Å². The topological polar surface area (TPSA) is 59.1 Å². The number of hydrogen-bond acceptors (Lipinski definition) is 6. The van der Waals surface area contributed by atoms with Crippen molar-refractivity contribution in [3.8, 4) is 11.5 Å². The van der Waals surface area contributed by atoms with Crippen molar-refractivity contribution >= 4 is 34.7 Å². The number of amides is 2. The first kappa shape index (κ1) is 21.2. The molecule has 0 saturated carbocycles. The Balaban J connectivity index is 1.64. The second-order valence-electron chi connectivity index (χ2n) is 7.32. The highest BCUT2D eigenvalue weighted by Crippen LogP contribution is 2.40. The SMILES string of the molecule is COc1cc(N2CCCC2)c(OC)cc1C=C1SC(=O)N(Cc2ccccc2F)C1=O. The van der Waals surface area contributed by atoms with Gasteiger partial charge in [0.2, 0.25) is 0 Å². The van der Waals surface area contributed by atoms with Crippen molar-refractivity contribution in [3.05, 3.63) is 58.2 Å². The van der Waals surface area contributed by atoms with Crippen molar-refractivity contribution in [2.45, 2.75) is 19.4 Å². The van der Waals surface area contributed by atoms with Gasteiger partial charge in [0, 0.05) is 30.3 Å². The lowest BCUT2D eigenvalue weighted by Gasteiger charge is -2.22. The van der Waals surface area contributed by atoms with Crippen LogP contribution >= 0.6 is 11.8 Å². The molecule has 0 bridgehead atoms. The van der Waals surface area contributed by atoms with Gasteiger partial charge in [-0.05, 0) is 42.8 Å². The summed E-state index contributed by atoms with van der Waals surface area (Å²) in [6.07, 6.45) is 3.88. The fourth-order valence-electron chi connectivity index (χ4n) is 3.80. The largest absolute Gasteiger partial charge is 0.496 e. The molecule has 0 aliphatic carbocycles. The molecular formula is C23H23FN2O4S. The monoisotopic (exact) mass is 442 g/mol. The molecule has 6 nitrogen and oxygen atoms in total. The van der Waals surface area contributed by atoms with E-state index in [0.717, 1.165) is 48.3 Å². The van der Waals surface area contributed by atoms with Gasteiger partial charge in [0.05, 0.1) is 31.4 Å². The molecule has 8 heteroatoms. The van der Waals surface area contributed by atoms with E-state index in [0.29, 0.717) is 22.6 Å². The van der Waals surface area contributed by atoms with E-state index >= 15 is 0 Å². The van der Waals surface area contributed by atoms with E-state index in [1.165, 1.54) is 6.07 Å². The molecule has 0 atom stereocenters. The van der Waals surface area contributed by atoms with Gasteiger partial charge in [-0.2, -0.15) is 0 Å². The predicted molar refractivity (Wildman–Crippen MR) is 119 cm³/mol. The molecule has 0 spiro atoms. The number of carbonyl (C=O) groups is 2. The molecule has 0 aromatic heterocycles. The normalized spacial score (nSPS) is 17.7. The Morgan fingerprint density at radius 2 is 1.77 bits per heavy atom. The Kier molecular flexibility index (Phi) is 6.18. The van der Waals surface area contributed by atoms with Gasteiger partial charge in [0.1, 0.15) is 17.3 Å². The van der Waals surface area contributed by atoms with Gasteiger partial charge in [0.25, 0.3) is 11.1 Å². The number of thioether (sulfide) groups is 1. The fraction of sp³-hybridized carbons (Fsp3) is 0.304. The molecule has 2 aromatic rings. The molecule has 31 heavy (non-hydrogen) atoms. The molecule has 2 heterocycles. The molecule has 0 radical (unpaired) electrons. The number of methoxy groups -OCH3 is 2. The zero-order valence-electron chi connectivity index (χ0n) is 17.4. The van der Waals surface area contributed by atoms with Gasteiger partial charge in [-0.1, -0.05) is 18.2 Å². The van der Waals surface area contributed by atoms with Crippen LogP contribution in [0.3, 0.4) is 0 Å². The lowest BCUT2D eigenvalue weighted by Crippen LogP contribution is -2.27. The quantitative estimate of drug-likeness (QED) is 0.606. The molecule has 4 rings (SSSR count). The first-order chi connectivity index (χ1) is 15.0. The van der Waals surface area contributed by atoms with Crippen molar-refractivity contribution in [3.63, 3.8) is 0 Å². The predicted octanol–water partition coefficient (Wildman–Crippen LogP) is 4.68. The van der Waals surface area contributed by atoms with Crippen LogP contribution in [0.2, 0.25) is 0 Å². The summed E-state index contributed by atoms with van der Waals surface area (Å²) in [4.78, 5) is 28.9. The summed E-state index contributed by atoms with van der Waals surface area (Å²) < 4.78 is 25.1. The highest BCUT2D eigenvalue weighted by molar-refractivity contribution is 8.18. The molecule has 2 aliphatic rings. The number of rotatable bonds is 6. The van der Waals surface area contributed by atoms with E-state index in [2.05, 4.69) is 4.90 Å². The standard InChI is InChI=1S/C23H23FN2O4S/c1-29-19-13-18(25-9-5-6-10-25)20(30-2)11-16(19)12-21-22(27)26(23(28)31-21)14-15-7-3-4-8-17(15)24/h3-4,7-8,11-13H,5-6,9-10,14H2,1-2H3. The van der Waals surface area contributed by atoms with Crippen LogP contribution < -0.4 is 14.4 Å². The molecule has 2 amide bonds. The van der Waals surface area contributed by atoms with E-state index in [4.69, 9.17) is 9.47 Å². The van der Waals surface area contributed by atoms with Crippen LogP contribution in [0, 0.1) is 5.82 Å². The van der Waals surface area contributed by atoms with Crippen molar-refractivity contribution < 1.29 is 23.5 Å². The molecule has 0 unspecified atom stereocenters. The number of halogens is 1. The van der Waals surface area contributed by atoms with E-state index in [-0.39, 0.29) is 11.4 Å². The van der Waals surface area contributed by atoms with Gasteiger partial charge in [-0.3, -0.25) is 14.5 Å². The average Bonchev–Trinajstić information content (AvgIpc) is 3.39. The number of anilines is 1. The third kappa shape index (κ3) is 4.25. The smallest absolute Gasteiger partial charge is 0.293 e. The van der Waals surface area contributed by atoms with Crippen LogP contribution in [0.1, 0.15) is 24.0 Å². The van der Waals surface area contributed by atoms with Gasteiger partial charge in [0.15, 0.2) is 0 Å². The highest BCUT2D eigenvalue weighted by atomic mass is 32.2. The van der Waals surface area contributed by atoms with Crippen LogP contribution in [0.15, 0.2) is 41.3 Å². The summed E-state index contributed by atoms with van der Waals surface area (Å²) in [5, 5.41) is -0.431. The maximum atomic E-state index is 14.0. The van der Waals surface area contributed by atoms with Gasteiger partial charge >= 0.3 is 0 Å². The zero-order valence-corrected chi connectivity index (χ0v) is 18.2. The number of carbonyl (C=O) groups excluding carboxylic acids is 2. The lowest BCUT2D eigenvalue weighted by molar-refractivity contribution is -0.123. The van der Waals surface area contributed by atoms with Crippen LogP contribution in [-0.4, -0.2) is 43.4 Å². The molecule has 2 fully saturated rings. The second kappa shape index (κ2) is 9.01. The fourth-order valence-corrected chi connectivity index (χ4v) is 4.63. The third-order valence-corrected chi connectivity index (χ3v) is 6.33. The molecule has 2 saturated heterocycles. The highest BCUT2D eigenvalue weighted by Gasteiger charge is 2.35. The summed E-state index contributed by atoms with van der Waals surface area (Å²) in [5.74, 6) is 0.362. The number of ether oxygens (including phenoxy) is 2. The van der Waals surface area contributed by atoms with Gasteiger partial charge < -0.3 is 14.4 Å². The van der Waals surface area contributed by atoms with Crippen molar-refractivity contribution in [1.82, 2.24) is 4.90 Å². The molecule has 162 valence electrons. The van der Waals surface area contributed by atoms with E-state index < -0.39 is 17.0 Å². The number of hydrogen-bond donors (Lipinski definition) is 0. The van der Waals surface area contributed by atoms with Crippen LogP contribution in [0.25, 0.3) is 6.08 Å². The van der Waals surface area contributed by atoms with E-state index in [1.54, 1.807) is 38.5 Å². The minimum Gasteiger partial charge on any atom is -0.496 e. The summed E-state index contributed by atoms with van der Waals surface area (Å²) in [5.41, 5.74) is 1.88. The van der Waals surface area contributed by atoms with Crippen molar-refractivity contribution in [1.29, 1.82) is 0 Å². The first-order valence-corrected chi connectivity index (χ1v) is 10.8. The number of benzene rings is 2. The van der Waals surface area contributed by atoms with Crippen molar-refractivity contribution in [2.24, 2.45) is 0 Å². The number of nitrogens with zero attached hydrogens (tertiary/aromatic N) is 2. The van der Waals surface area contributed by atoms with Gasteiger partial charge in [-0.25, -0.2) is 4.39 Å². The summed E-state index contributed by atoms with van der Waals surface area (Å²) in [6, 6.07) is 9.83. The van der Waals surface area contributed by atoms with Gasteiger partial charge in [-0.15, -0.1) is 0 Å². The minimum absolute atomic E-state index is 0.108. The third-order valence-electron chi connectivity index (χ3n) is 5.42. The van der Waals surface area contributed by atoms with E-state index in [1.807, 2.05) is 12.1 Å².